The Morgan fingerprint density at radius 3 is 2.74 bits per heavy atom. The van der Waals surface area contributed by atoms with Crippen molar-refractivity contribution in [3.05, 3.63) is 35.7 Å². The van der Waals surface area contributed by atoms with Gasteiger partial charge in [-0.2, -0.15) is 18.2 Å². The number of hydrogen-bond acceptors (Lipinski definition) is 4. The van der Waals surface area contributed by atoms with Gasteiger partial charge in [0.2, 0.25) is 11.7 Å². The van der Waals surface area contributed by atoms with Crippen LogP contribution >= 0.6 is 0 Å². The molecule has 19 heavy (non-hydrogen) atoms. The Morgan fingerprint density at radius 1 is 1.37 bits per heavy atom. The molecule has 0 unspecified atom stereocenters. The summed E-state index contributed by atoms with van der Waals surface area (Å²) in [6.07, 6.45) is -4.46. The maximum Gasteiger partial charge on any atom is 0.416 e. The molecule has 0 bridgehead atoms. The number of rotatable bonds is 3. The number of carbonyl (C=O) groups excluding carboxylic acids is 1. The van der Waals surface area contributed by atoms with E-state index in [1.165, 1.54) is 19.1 Å². The standard InChI is InChI=1S/C12H9F3N2O2/c1-7(18)5-10-16-11(17-19-10)8-3-2-4-9(6-8)12(13,14)15/h2-4,6H,5H2,1H3. The molecule has 4 nitrogen and oxygen atoms in total. The van der Waals surface area contributed by atoms with Crippen molar-refractivity contribution in [3.63, 3.8) is 0 Å². The van der Waals surface area contributed by atoms with Gasteiger partial charge < -0.3 is 4.52 Å². The second-order valence-corrected chi connectivity index (χ2v) is 3.97. The Kier molecular flexibility index (Phi) is 3.37. The van der Waals surface area contributed by atoms with E-state index >= 15 is 0 Å². The van der Waals surface area contributed by atoms with Crippen molar-refractivity contribution in [1.29, 1.82) is 0 Å². The average Bonchev–Trinajstić information content (AvgIpc) is 2.76. The normalized spacial score (nSPS) is 11.6. The van der Waals surface area contributed by atoms with E-state index in [1.54, 1.807) is 0 Å². The molecule has 1 aromatic heterocycles. The van der Waals surface area contributed by atoms with Gasteiger partial charge in [0, 0.05) is 5.56 Å². The lowest BCUT2D eigenvalue weighted by Crippen LogP contribution is -2.04. The van der Waals surface area contributed by atoms with Crippen molar-refractivity contribution in [3.8, 4) is 11.4 Å². The lowest BCUT2D eigenvalue weighted by Gasteiger charge is -2.06. The van der Waals surface area contributed by atoms with Gasteiger partial charge in [0.1, 0.15) is 5.78 Å². The van der Waals surface area contributed by atoms with Crippen LogP contribution < -0.4 is 0 Å². The molecule has 0 radical (unpaired) electrons. The molecule has 0 spiro atoms. The molecule has 0 saturated heterocycles. The Morgan fingerprint density at radius 2 is 2.11 bits per heavy atom. The van der Waals surface area contributed by atoms with Gasteiger partial charge in [-0.15, -0.1) is 0 Å². The molecule has 7 heteroatoms. The molecule has 0 aliphatic rings. The monoisotopic (exact) mass is 270 g/mol. The predicted octanol–water partition coefficient (Wildman–Crippen LogP) is 2.89. The second-order valence-electron chi connectivity index (χ2n) is 3.97. The van der Waals surface area contributed by atoms with Gasteiger partial charge in [0.25, 0.3) is 0 Å². The Bertz CT molecular complexity index is 605. The van der Waals surface area contributed by atoms with Crippen molar-refractivity contribution in [2.75, 3.05) is 0 Å². The first-order valence-corrected chi connectivity index (χ1v) is 5.36. The first kappa shape index (κ1) is 13.3. The van der Waals surface area contributed by atoms with E-state index in [4.69, 9.17) is 4.52 Å². The Hall–Kier alpha value is -2.18. The number of halogens is 3. The van der Waals surface area contributed by atoms with Crippen LogP contribution in [0.5, 0.6) is 0 Å². The number of aromatic nitrogens is 2. The summed E-state index contributed by atoms with van der Waals surface area (Å²) < 4.78 is 42.4. The Labute approximate surface area is 106 Å². The number of benzene rings is 1. The molecule has 1 heterocycles. The maximum absolute atomic E-state index is 12.6. The number of carbonyl (C=O) groups is 1. The fourth-order valence-corrected chi connectivity index (χ4v) is 1.49. The lowest BCUT2D eigenvalue weighted by molar-refractivity contribution is -0.137. The van der Waals surface area contributed by atoms with E-state index in [1.807, 2.05) is 0 Å². The Balaban J connectivity index is 2.32. The molecule has 0 aliphatic carbocycles. The van der Waals surface area contributed by atoms with Gasteiger partial charge in [-0.3, -0.25) is 4.79 Å². The van der Waals surface area contributed by atoms with Crippen molar-refractivity contribution in [1.82, 2.24) is 10.1 Å². The first-order valence-electron chi connectivity index (χ1n) is 5.36. The topological polar surface area (TPSA) is 56.0 Å². The summed E-state index contributed by atoms with van der Waals surface area (Å²) in [6, 6.07) is 4.60. The highest BCUT2D eigenvalue weighted by molar-refractivity contribution is 5.77. The zero-order valence-electron chi connectivity index (χ0n) is 9.86. The van der Waals surface area contributed by atoms with Gasteiger partial charge in [-0.1, -0.05) is 17.3 Å². The summed E-state index contributed by atoms with van der Waals surface area (Å²) in [4.78, 5) is 14.7. The van der Waals surface area contributed by atoms with Gasteiger partial charge in [-0.05, 0) is 19.1 Å². The molecular weight excluding hydrogens is 261 g/mol. The molecular formula is C12H9F3N2O2. The van der Waals surface area contributed by atoms with Crippen LogP contribution in [0, 0.1) is 0 Å². The van der Waals surface area contributed by atoms with E-state index in [0.29, 0.717) is 0 Å². The van der Waals surface area contributed by atoms with Crippen molar-refractivity contribution in [2.24, 2.45) is 0 Å². The van der Waals surface area contributed by atoms with Crippen molar-refractivity contribution in [2.45, 2.75) is 19.5 Å². The zero-order valence-corrected chi connectivity index (χ0v) is 9.86. The number of Topliss-reactive ketones (excluding diaryl/α,β-unsaturated/α-hetero) is 1. The second kappa shape index (κ2) is 4.83. The predicted molar refractivity (Wildman–Crippen MR) is 59.1 cm³/mol. The number of ketones is 1. The summed E-state index contributed by atoms with van der Waals surface area (Å²) in [6.45, 7) is 1.36. The quantitative estimate of drug-likeness (QED) is 0.860. The number of nitrogens with zero attached hydrogens (tertiary/aromatic N) is 2. The van der Waals surface area contributed by atoms with Crippen LogP contribution in [0.2, 0.25) is 0 Å². The smallest absolute Gasteiger partial charge is 0.339 e. The van der Waals surface area contributed by atoms with Gasteiger partial charge >= 0.3 is 6.18 Å². The minimum absolute atomic E-state index is 0.0300. The average molecular weight is 270 g/mol. The molecule has 0 saturated carbocycles. The molecule has 100 valence electrons. The van der Waals surface area contributed by atoms with Gasteiger partial charge in [0.15, 0.2) is 0 Å². The molecule has 0 amide bonds. The molecule has 2 aromatic rings. The fourth-order valence-electron chi connectivity index (χ4n) is 1.49. The highest BCUT2D eigenvalue weighted by Gasteiger charge is 2.30. The third kappa shape index (κ3) is 3.18. The van der Waals surface area contributed by atoms with Crippen LogP contribution in [0.3, 0.4) is 0 Å². The number of alkyl halides is 3. The third-order valence-electron chi connectivity index (χ3n) is 2.32. The van der Waals surface area contributed by atoms with Gasteiger partial charge in [-0.25, -0.2) is 0 Å². The van der Waals surface area contributed by atoms with Crippen LogP contribution in [-0.4, -0.2) is 15.9 Å². The minimum Gasteiger partial charge on any atom is -0.339 e. The number of hydrogen-bond donors (Lipinski definition) is 0. The van der Waals surface area contributed by atoms with E-state index in [9.17, 15) is 18.0 Å². The summed E-state index contributed by atoms with van der Waals surface area (Å²) >= 11 is 0. The summed E-state index contributed by atoms with van der Waals surface area (Å²) in [7, 11) is 0. The molecule has 0 aliphatic heterocycles. The molecule has 2 rings (SSSR count). The van der Waals surface area contributed by atoms with Crippen LogP contribution in [-0.2, 0) is 17.4 Å². The summed E-state index contributed by atoms with van der Waals surface area (Å²) in [5, 5.41) is 3.56. The molecule has 1 aromatic carbocycles. The first-order chi connectivity index (χ1) is 8.86. The van der Waals surface area contributed by atoms with Crippen LogP contribution in [0.4, 0.5) is 13.2 Å². The minimum atomic E-state index is -4.43. The molecule has 0 N–H and O–H groups in total. The van der Waals surface area contributed by atoms with E-state index in [2.05, 4.69) is 10.1 Å². The van der Waals surface area contributed by atoms with Crippen LogP contribution in [0.25, 0.3) is 11.4 Å². The van der Waals surface area contributed by atoms with Crippen molar-refractivity contribution < 1.29 is 22.5 Å². The van der Waals surface area contributed by atoms with Crippen LogP contribution in [0.1, 0.15) is 18.4 Å². The lowest BCUT2D eigenvalue weighted by atomic mass is 10.1. The third-order valence-corrected chi connectivity index (χ3v) is 2.32. The summed E-state index contributed by atoms with van der Waals surface area (Å²) in [5.74, 6) is -0.0542. The van der Waals surface area contributed by atoms with Crippen molar-refractivity contribution >= 4 is 5.78 Å². The molecule has 0 atom stereocenters. The van der Waals surface area contributed by atoms with E-state index < -0.39 is 11.7 Å². The molecule has 0 fully saturated rings. The SMILES string of the molecule is CC(=O)Cc1nc(-c2cccc(C(F)(F)F)c2)no1. The zero-order chi connectivity index (χ0) is 14.0. The maximum atomic E-state index is 12.6. The van der Waals surface area contributed by atoms with E-state index in [0.717, 1.165) is 12.1 Å². The van der Waals surface area contributed by atoms with E-state index in [-0.39, 0.29) is 29.5 Å². The van der Waals surface area contributed by atoms with Gasteiger partial charge in [0.05, 0.1) is 12.0 Å². The fraction of sp³-hybridized carbons (Fsp3) is 0.250. The van der Waals surface area contributed by atoms with Crippen LogP contribution in [0.15, 0.2) is 28.8 Å². The summed E-state index contributed by atoms with van der Waals surface area (Å²) in [5.41, 5.74) is -0.601. The highest BCUT2D eigenvalue weighted by Crippen LogP contribution is 2.31. The highest BCUT2D eigenvalue weighted by atomic mass is 19.4. The largest absolute Gasteiger partial charge is 0.416 e.